The molecule has 0 unspecified atom stereocenters. The summed E-state index contributed by atoms with van der Waals surface area (Å²) in [5, 5.41) is 9.25. The first-order valence-electron chi connectivity index (χ1n) is 7.91. The molecule has 0 aliphatic carbocycles. The van der Waals surface area contributed by atoms with Crippen LogP contribution in [0.25, 0.3) is 17.1 Å². The molecule has 0 atom stereocenters. The zero-order valence-corrected chi connectivity index (χ0v) is 14.9. The van der Waals surface area contributed by atoms with Gasteiger partial charge in [0.2, 0.25) is 0 Å². The maximum atomic E-state index is 11.4. The standard InChI is InChI=1S/C18H18N4O2S/c1-3-24-16-9-5-4-8-15(16)22-17(14-7-6-10-19-11-14)20-21-18(22)25-12-13(2)23/h4-11H,3,12H2,1-2H3. The minimum absolute atomic E-state index is 0.0839. The number of hydrogen-bond donors (Lipinski definition) is 0. The minimum Gasteiger partial charge on any atom is -0.492 e. The average Bonchev–Trinajstić information content (AvgIpc) is 3.05. The van der Waals surface area contributed by atoms with Gasteiger partial charge in [0.25, 0.3) is 0 Å². The zero-order valence-electron chi connectivity index (χ0n) is 14.0. The van der Waals surface area contributed by atoms with E-state index in [-0.39, 0.29) is 5.78 Å². The second-order valence-electron chi connectivity index (χ2n) is 5.27. The fourth-order valence-corrected chi connectivity index (χ4v) is 3.09. The highest BCUT2D eigenvalue weighted by atomic mass is 32.2. The molecule has 0 amide bonds. The summed E-state index contributed by atoms with van der Waals surface area (Å²) >= 11 is 1.36. The second-order valence-corrected chi connectivity index (χ2v) is 6.22. The van der Waals surface area contributed by atoms with Crippen LogP contribution in [0.3, 0.4) is 0 Å². The Hall–Kier alpha value is -2.67. The molecule has 0 fully saturated rings. The maximum absolute atomic E-state index is 11.4. The van der Waals surface area contributed by atoms with E-state index in [2.05, 4.69) is 15.2 Å². The Bertz CT molecular complexity index is 865. The summed E-state index contributed by atoms with van der Waals surface area (Å²) in [6.45, 7) is 4.05. The normalized spacial score (nSPS) is 10.6. The molecule has 25 heavy (non-hydrogen) atoms. The van der Waals surface area contributed by atoms with Crippen LogP contribution in [-0.4, -0.2) is 37.9 Å². The zero-order chi connectivity index (χ0) is 17.6. The van der Waals surface area contributed by atoms with Crippen LogP contribution in [0.4, 0.5) is 0 Å². The van der Waals surface area contributed by atoms with Gasteiger partial charge in [0, 0.05) is 18.0 Å². The Kier molecular flexibility index (Phi) is 5.45. The first kappa shape index (κ1) is 17.2. The van der Waals surface area contributed by atoms with Crippen molar-refractivity contribution >= 4 is 17.5 Å². The van der Waals surface area contributed by atoms with E-state index in [4.69, 9.17) is 4.74 Å². The first-order chi connectivity index (χ1) is 12.2. The molecule has 0 aliphatic heterocycles. The number of rotatable bonds is 7. The highest BCUT2D eigenvalue weighted by Gasteiger charge is 2.19. The number of aromatic nitrogens is 4. The molecule has 0 spiro atoms. The number of hydrogen-bond acceptors (Lipinski definition) is 6. The van der Waals surface area contributed by atoms with Gasteiger partial charge in [-0.3, -0.25) is 14.3 Å². The fraction of sp³-hybridized carbons (Fsp3) is 0.222. The molecule has 0 bridgehead atoms. The van der Waals surface area contributed by atoms with Crippen molar-refractivity contribution < 1.29 is 9.53 Å². The molecule has 0 aliphatic rings. The van der Waals surface area contributed by atoms with Crippen molar-refractivity contribution in [2.24, 2.45) is 0 Å². The van der Waals surface area contributed by atoms with Crippen LogP contribution in [0, 0.1) is 0 Å². The Labute approximate surface area is 150 Å². The summed E-state index contributed by atoms with van der Waals surface area (Å²) in [4.78, 5) is 15.6. The number of benzene rings is 1. The molecule has 1 aromatic carbocycles. The second kappa shape index (κ2) is 7.94. The summed E-state index contributed by atoms with van der Waals surface area (Å²) in [5.74, 6) is 1.81. The lowest BCUT2D eigenvalue weighted by atomic mass is 10.2. The number of carbonyl (C=O) groups excluding carboxylic acids is 1. The molecule has 0 radical (unpaired) electrons. The van der Waals surface area contributed by atoms with Crippen molar-refractivity contribution in [2.45, 2.75) is 19.0 Å². The monoisotopic (exact) mass is 354 g/mol. The van der Waals surface area contributed by atoms with Crippen molar-refractivity contribution in [2.75, 3.05) is 12.4 Å². The lowest BCUT2D eigenvalue weighted by Gasteiger charge is -2.14. The molecule has 0 saturated carbocycles. The molecule has 7 heteroatoms. The highest BCUT2D eigenvalue weighted by molar-refractivity contribution is 7.99. The van der Waals surface area contributed by atoms with E-state index in [0.717, 1.165) is 17.0 Å². The third-order valence-electron chi connectivity index (χ3n) is 3.36. The Morgan fingerprint density at radius 1 is 1.20 bits per heavy atom. The number of pyridine rings is 1. The van der Waals surface area contributed by atoms with Crippen molar-refractivity contribution in [3.8, 4) is 22.8 Å². The van der Waals surface area contributed by atoms with Gasteiger partial charge in [-0.1, -0.05) is 23.9 Å². The summed E-state index contributed by atoms with van der Waals surface area (Å²) in [7, 11) is 0. The third kappa shape index (κ3) is 3.88. The number of thioether (sulfide) groups is 1. The summed E-state index contributed by atoms with van der Waals surface area (Å²) < 4.78 is 7.68. The van der Waals surface area contributed by atoms with E-state index < -0.39 is 0 Å². The van der Waals surface area contributed by atoms with Crippen molar-refractivity contribution in [1.82, 2.24) is 19.7 Å². The van der Waals surface area contributed by atoms with Crippen LogP contribution in [0.1, 0.15) is 13.8 Å². The maximum Gasteiger partial charge on any atom is 0.196 e. The van der Waals surface area contributed by atoms with Gasteiger partial charge >= 0.3 is 0 Å². The number of nitrogens with zero attached hydrogens (tertiary/aromatic N) is 4. The summed E-state index contributed by atoms with van der Waals surface area (Å²) in [6.07, 6.45) is 3.45. The van der Waals surface area contributed by atoms with Crippen LogP contribution in [0.2, 0.25) is 0 Å². The largest absolute Gasteiger partial charge is 0.492 e. The Morgan fingerprint density at radius 3 is 2.76 bits per heavy atom. The first-order valence-corrected chi connectivity index (χ1v) is 8.89. The predicted octanol–water partition coefficient (Wildman–Crippen LogP) is 3.41. The van der Waals surface area contributed by atoms with Crippen molar-refractivity contribution in [3.05, 3.63) is 48.8 Å². The molecule has 3 rings (SSSR count). The molecular formula is C18H18N4O2S. The van der Waals surface area contributed by atoms with E-state index in [1.807, 2.05) is 47.9 Å². The Balaban J connectivity index is 2.15. The SMILES string of the molecule is CCOc1ccccc1-n1c(SCC(C)=O)nnc1-c1cccnc1. The van der Waals surface area contributed by atoms with E-state index in [1.165, 1.54) is 11.8 Å². The smallest absolute Gasteiger partial charge is 0.196 e. The van der Waals surface area contributed by atoms with E-state index in [9.17, 15) is 4.79 Å². The Morgan fingerprint density at radius 2 is 2.04 bits per heavy atom. The number of ether oxygens (including phenoxy) is 1. The minimum atomic E-state index is 0.0839. The predicted molar refractivity (Wildman–Crippen MR) is 97.2 cm³/mol. The van der Waals surface area contributed by atoms with Gasteiger partial charge in [0.15, 0.2) is 11.0 Å². The number of ketones is 1. The van der Waals surface area contributed by atoms with Crippen LogP contribution in [-0.2, 0) is 4.79 Å². The van der Waals surface area contributed by atoms with Crippen LogP contribution in [0.15, 0.2) is 53.9 Å². The number of carbonyl (C=O) groups is 1. The molecule has 3 aromatic rings. The lowest BCUT2D eigenvalue weighted by Crippen LogP contribution is -2.05. The van der Waals surface area contributed by atoms with Gasteiger partial charge in [0.1, 0.15) is 11.5 Å². The van der Waals surface area contributed by atoms with Gasteiger partial charge in [-0.25, -0.2) is 0 Å². The molecule has 6 nitrogen and oxygen atoms in total. The highest BCUT2D eigenvalue weighted by Crippen LogP contribution is 2.32. The van der Waals surface area contributed by atoms with Gasteiger partial charge in [-0.2, -0.15) is 0 Å². The van der Waals surface area contributed by atoms with Crippen LogP contribution >= 0.6 is 11.8 Å². The molecule has 2 heterocycles. The number of Topliss-reactive ketones (excluding diaryl/α,β-unsaturated/α-hetero) is 1. The quantitative estimate of drug-likeness (QED) is 0.606. The van der Waals surface area contributed by atoms with Crippen molar-refractivity contribution in [3.63, 3.8) is 0 Å². The molecule has 0 N–H and O–H groups in total. The molecular weight excluding hydrogens is 336 g/mol. The van der Waals surface area contributed by atoms with Gasteiger partial charge in [0.05, 0.1) is 18.0 Å². The number of para-hydroxylation sites is 2. The van der Waals surface area contributed by atoms with Gasteiger partial charge < -0.3 is 4.74 Å². The average molecular weight is 354 g/mol. The molecule has 0 saturated heterocycles. The molecule has 128 valence electrons. The summed E-state index contributed by atoms with van der Waals surface area (Å²) in [6, 6.07) is 11.5. The van der Waals surface area contributed by atoms with E-state index in [0.29, 0.717) is 23.3 Å². The van der Waals surface area contributed by atoms with Crippen LogP contribution < -0.4 is 4.74 Å². The van der Waals surface area contributed by atoms with Gasteiger partial charge in [-0.05, 0) is 38.1 Å². The topological polar surface area (TPSA) is 69.9 Å². The van der Waals surface area contributed by atoms with E-state index in [1.54, 1.807) is 19.3 Å². The third-order valence-corrected chi connectivity index (χ3v) is 4.44. The molecule has 2 aromatic heterocycles. The van der Waals surface area contributed by atoms with Crippen molar-refractivity contribution in [1.29, 1.82) is 0 Å². The fourth-order valence-electron chi connectivity index (χ4n) is 2.35. The summed E-state index contributed by atoms with van der Waals surface area (Å²) in [5.41, 5.74) is 1.68. The van der Waals surface area contributed by atoms with Gasteiger partial charge in [-0.15, -0.1) is 10.2 Å². The lowest BCUT2D eigenvalue weighted by molar-refractivity contribution is -0.114. The van der Waals surface area contributed by atoms with E-state index >= 15 is 0 Å². The van der Waals surface area contributed by atoms with Crippen LogP contribution in [0.5, 0.6) is 5.75 Å².